The van der Waals surface area contributed by atoms with Crippen LogP contribution in [0.15, 0.2) is 0 Å². The van der Waals surface area contributed by atoms with Gasteiger partial charge in [-0.15, -0.1) is 0 Å². The molecule has 0 bridgehead atoms. The van der Waals surface area contributed by atoms with Crippen molar-refractivity contribution in [3.63, 3.8) is 0 Å². The molecule has 106 valence electrons. The lowest BCUT2D eigenvalue weighted by atomic mass is 10.0. The van der Waals surface area contributed by atoms with Crippen LogP contribution in [0.1, 0.15) is 47.5 Å². The summed E-state index contributed by atoms with van der Waals surface area (Å²) < 4.78 is 5.15. The van der Waals surface area contributed by atoms with E-state index in [1.807, 2.05) is 13.8 Å². The van der Waals surface area contributed by atoms with Gasteiger partial charge < -0.3 is 10.1 Å². The van der Waals surface area contributed by atoms with Crippen molar-refractivity contribution in [3.05, 3.63) is 0 Å². The first-order chi connectivity index (χ1) is 8.14. The third-order valence-electron chi connectivity index (χ3n) is 2.07. The molecule has 0 aliphatic carbocycles. The molecule has 0 heterocycles. The summed E-state index contributed by atoms with van der Waals surface area (Å²) in [5.74, 6) is 5.09. The van der Waals surface area contributed by atoms with Gasteiger partial charge in [-0.05, 0) is 33.1 Å². The number of ether oxygens (including phenoxy) is 1. The minimum absolute atomic E-state index is 0.147. The van der Waals surface area contributed by atoms with E-state index in [4.69, 9.17) is 10.6 Å². The van der Waals surface area contributed by atoms with Gasteiger partial charge in [0, 0.05) is 12.5 Å². The molecule has 6 nitrogen and oxygen atoms in total. The maximum absolute atomic E-state index is 11.6. The van der Waals surface area contributed by atoms with Crippen molar-refractivity contribution in [3.8, 4) is 0 Å². The van der Waals surface area contributed by atoms with Gasteiger partial charge in [0.2, 0.25) is 5.91 Å². The summed E-state index contributed by atoms with van der Waals surface area (Å²) >= 11 is 0. The molecule has 0 aliphatic rings. The Bertz CT molecular complexity index is 285. The van der Waals surface area contributed by atoms with Gasteiger partial charge >= 0.3 is 6.09 Å². The van der Waals surface area contributed by atoms with Gasteiger partial charge in [0.1, 0.15) is 5.60 Å². The van der Waals surface area contributed by atoms with Crippen LogP contribution >= 0.6 is 0 Å². The van der Waals surface area contributed by atoms with E-state index in [2.05, 4.69) is 10.7 Å². The second-order valence-corrected chi connectivity index (χ2v) is 5.74. The van der Waals surface area contributed by atoms with Crippen LogP contribution in [0.25, 0.3) is 0 Å². The summed E-state index contributed by atoms with van der Waals surface area (Å²) in [5.41, 5.74) is 1.51. The van der Waals surface area contributed by atoms with Gasteiger partial charge in [0.15, 0.2) is 0 Å². The van der Waals surface area contributed by atoms with Crippen LogP contribution in [0.2, 0.25) is 0 Å². The maximum atomic E-state index is 11.6. The molecule has 0 radical (unpaired) electrons. The minimum atomic E-state index is -0.553. The maximum Gasteiger partial charge on any atom is 0.407 e. The highest BCUT2D eigenvalue weighted by Gasteiger charge is 2.21. The monoisotopic (exact) mass is 259 g/mol. The first-order valence-electron chi connectivity index (χ1n) is 6.13. The van der Waals surface area contributed by atoms with Gasteiger partial charge in [-0.3, -0.25) is 10.2 Å². The first-order valence-corrected chi connectivity index (χ1v) is 6.13. The van der Waals surface area contributed by atoms with Crippen LogP contribution in [-0.4, -0.2) is 23.6 Å². The molecule has 6 heteroatoms. The molecule has 1 atom stereocenters. The Hall–Kier alpha value is -1.30. The SMILES string of the molecule is CC(C)CC(CC(=O)NN)NC(=O)OC(C)(C)C. The average molecular weight is 259 g/mol. The van der Waals surface area contributed by atoms with Crippen molar-refractivity contribution in [2.45, 2.75) is 59.1 Å². The van der Waals surface area contributed by atoms with Gasteiger partial charge in [0.05, 0.1) is 0 Å². The predicted molar refractivity (Wildman–Crippen MR) is 69.6 cm³/mol. The number of nitrogens with one attached hydrogen (secondary N) is 2. The van der Waals surface area contributed by atoms with E-state index >= 15 is 0 Å². The fraction of sp³-hybridized carbons (Fsp3) is 0.833. The summed E-state index contributed by atoms with van der Waals surface area (Å²) in [4.78, 5) is 22.9. The number of hydrogen-bond donors (Lipinski definition) is 3. The molecular formula is C12H25N3O3. The summed E-state index contributed by atoms with van der Waals surface area (Å²) in [7, 11) is 0. The summed E-state index contributed by atoms with van der Waals surface area (Å²) in [6.07, 6.45) is 0.318. The molecule has 0 rings (SSSR count). The van der Waals surface area contributed by atoms with Crippen molar-refractivity contribution in [2.75, 3.05) is 0 Å². The highest BCUT2D eigenvalue weighted by atomic mass is 16.6. The van der Waals surface area contributed by atoms with Gasteiger partial charge in [-0.25, -0.2) is 10.6 Å². The number of hydrogen-bond acceptors (Lipinski definition) is 4. The molecule has 0 fully saturated rings. The fourth-order valence-electron chi connectivity index (χ4n) is 1.52. The van der Waals surface area contributed by atoms with Gasteiger partial charge in [-0.2, -0.15) is 0 Å². The highest BCUT2D eigenvalue weighted by molar-refractivity contribution is 5.77. The van der Waals surface area contributed by atoms with Crippen LogP contribution in [-0.2, 0) is 9.53 Å². The zero-order valence-corrected chi connectivity index (χ0v) is 11.9. The summed E-state index contributed by atoms with van der Waals surface area (Å²) in [5, 5.41) is 2.69. The summed E-state index contributed by atoms with van der Waals surface area (Å²) in [6.45, 7) is 9.40. The lowest BCUT2D eigenvalue weighted by Gasteiger charge is -2.24. The van der Waals surface area contributed by atoms with E-state index in [1.165, 1.54) is 0 Å². The van der Waals surface area contributed by atoms with E-state index in [9.17, 15) is 9.59 Å². The largest absolute Gasteiger partial charge is 0.444 e. The molecule has 0 aromatic heterocycles. The van der Waals surface area contributed by atoms with Gasteiger partial charge in [-0.1, -0.05) is 13.8 Å². The topological polar surface area (TPSA) is 93.5 Å². The smallest absolute Gasteiger partial charge is 0.407 e. The molecule has 0 aliphatic heterocycles. The number of rotatable bonds is 5. The lowest BCUT2D eigenvalue weighted by Crippen LogP contribution is -2.43. The molecule has 0 spiro atoms. The Morgan fingerprint density at radius 2 is 1.83 bits per heavy atom. The molecule has 2 amide bonds. The first kappa shape index (κ1) is 16.7. The minimum Gasteiger partial charge on any atom is -0.444 e. The lowest BCUT2D eigenvalue weighted by molar-refractivity contribution is -0.121. The van der Waals surface area contributed by atoms with Crippen LogP contribution in [0.3, 0.4) is 0 Å². The number of hydrazine groups is 1. The van der Waals surface area contributed by atoms with Crippen molar-refractivity contribution in [1.29, 1.82) is 0 Å². The Morgan fingerprint density at radius 1 is 1.28 bits per heavy atom. The Labute approximate surface area is 109 Å². The van der Waals surface area contributed by atoms with E-state index in [1.54, 1.807) is 20.8 Å². The number of nitrogens with two attached hydrogens (primary N) is 1. The van der Waals surface area contributed by atoms with Crippen LogP contribution in [0, 0.1) is 5.92 Å². The van der Waals surface area contributed by atoms with Crippen molar-refractivity contribution < 1.29 is 14.3 Å². The molecule has 18 heavy (non-hydrogen) atoms. The zero-order chi connectivity index (χ0) is 14.3. The Kier molecular flexibility index (Phi) is 6.68. The van der Waals surface area contributed by atoms with Crippen molar-refractivity contribution in [2.24, 2.45) is 11.8 Å². The third-order valence-corrected chi connectivity index (χ3v) is 2.07. The van der Waals surface area contributed by atoms with Crippen molar-refractivity contribution >= 4 is 12.0 Å². The van der Waals surface area contributed by atoms with Gasteiger partial charge in [0.25, 0.3) is 0 Å². The molecule has 0 saturated heterocycles. The summed E-state index contributed by atoms with van der Waals surface area (Å²) in [6, 6.07) is -0.275. The number of alkyl carbamates (subject to hydrolysis) is 1. The van der Waals surface area contributed by atoms with E-state index in [0.717, 1.165) is 0 Å². The highest BCUT2D eigenvalue weighted by Crippen LogP contribution is 2.11. The quantitative estimate of drug-likeness (QED) is 0.394. The predicted octanol–water partition coefficient (Wildman–Crippen LogP) is 1.31. The van der Waals surface area contributed by atoms with Crippen molar-refractivity contribution in [1.82, 2.24) is 10.7 Å². The fourth-order valence-corrected chi connectivity index (χ4v) is 1.52. The number of amides is 2. The molecule has 0 saturated carbocycles. The molecular weight excluding hydrogens is 234 g/mol. The molecule has 0 aromatic carbocycles. The van der Waals surface area contributed by atoms with Crippen LogP contribution < -0.4 is 16.6 Å². The Morgan fingerprint density at radius 3 is 2.22 bits per heavy atom. The molecule has 4 N–H and O–H groups in total. The zero-order valence-electron chi connectivity index (χ0n) is 11.9. The van der Waals surface area contributed by atoms with Crippen LogP contribution in [0.5, 0.6) is 0 Å². The van der Waals surface area contributed by atoms with E-state index < -0.39 is 11.7 Å². The van der Waals surface area contributed by atoms with E-state index in [-0.39, 0.29) is 18.4 Å². The van der Waals surface area contributed by atoms with E-state index in [0.29, 0.717) is 12.3 Å². The average Bonchev–Trinajstić information content (AvgIpc) is 2.12. The molecule has 0 aromatic rings. The standard InChI is InChI=1S/C12H25N3O3/c1-8(2)6-9(7-10(16)15-13)14-11(17)18-12(3,4)5/h8-9H,6-7,13H2,1-5H3,(H,14,17)(H,15,16). The Balaban J connectivity index is 4.39. The molecule has 1 unspecified atom stereocenters. The number of carbonyl (C=O) groups is 2. The second-order valence-electron chi connectivity index (χ2n) is 5.74. The second kappa shape index (κ2) is 7.20. The van der Waals surface area contributed by atoms with Crippen LogP contribution in [0.4, 0.5) is 4.79 Å². The third kappa shape index (κ3) is 8.81. The normalized spacial score (nSPS) is 13.1. The number of carbonyl (C=O) groups excluding carboxylic acids is 2.